The summed E-state index contributed by atoms with van der Waals surface area (Å²) in [4.78, 5) is 17.2. The molecular formula is C20H31N3O2. The number of carbonyl (C=O) groups excluding carboxylic acids is 1. The average molecular weight is 345 g/mol. The summed E-state index contributed by atoms with van der Waals surface area (Å²) < 4.78 is 6.05. The van der Waals surface area contributed by atoms with Crippen LogP contribution in [0.5, 0.6) is 5.75 Å². The predicted molar refractivity (Wildman–Crippen MR) is 100.0 cm³/mol. The molecule has 2 bridgehead atoms. The van der Waals surface area contributed by atoms with E-state index in [1.54, 1.807) is 0 Å². The van der Waals surface area contributed by atoms with E-state index in [-0.39, 0.29) is 12.1 Å². The number of piperidine rings is 1. The SMILES string of the molecule is CCC(C)Oc1cc(C)ccc1CNC(=O)N1CCN2CCC1CC2. The summed E-state index contributed by atoms with van der Waals surface area (Å²) in [6, 6.07) is 6.66. The highest BCUT2D eigenvalue weighted by atomic mass is 16.5. The number of hydrogen-bond acceptors (Lipinski definition) is 3. The van der Waals surface area contributed by atoms with E-state index in [1.165, 1.54) is 5.56 Å². The number of hydrogen-bond donors (Lipinski definition) is 1. The van der Waals surface area contributed by atoms with Crippen LogP contribution >= 0.6 is 0 Å². The maximum absolute atomic E-state index is 12.7. The lowest BCUT2D eigenvalue weighted by atomic mass is 10.1. The van der Waals surface area contributed by atoms with E-state index >= 15 is 0 Å². The zero-order valence-corrected chi connectivity index (χ0v) is 15.8. The Bertz CT molecular complexity index is 597. The van der Waals surface area contributed by atoms with Gasteiger partial charge in [0.2, 0.25) is 0 Å². The van der Waals surface area contributed by atoms with Gasteiger partial charge in [0.15, 0.2) is 0 Å². The molecule has 0 aromatic heterocycles. The van der Waals surface area contributed by atoms with Crippen LogP contribution in [0.3, 0.4) is 0 Å². The number of rotatable bonds is 5. The molecule has 5 nitrogen and oxygen atoms in total. The smallest absolute Gasteiger partial charge is 0.317 e. The van der Waals surface area contributed by atoms with Gasteiger partial charge in [0, 0.05) is 44.3 Å². The van der Waals surface area contributed by atoms with Crippen LogP contribution in [0.2, 0.25) is 0 Å². The Kier molecular flexibility index (Phi) is 5.84. The van der Waals surface area contributed by atoms with Crippen molar-refractivity contribution < 1.29 is 9.53 Å². The molecule has 1 N–H and O–H groups in total. The Hall–Kier alpha value is -1.75. The minimum atomic E-state index is 0.0591. The second-order valence-corrected chi connectivity index (χ2v) is 7.37. The van der Waals surface area contributed by atoms with Gasteiger partial charge in [0.1, 0.15) is 5.75 Å². The number of carbonyl (C=O) groups is 1. The number of nitrogens with zero attached hydrogens (tertiary/aromatic N) is 2. The van der Waals surface area contributed by atoms with Gasteiger partial charge in [0.25, 0.3) is 0 Å². The summed E-state index contributed by atoms with van der Waals surface area (Å²) >= 11 is 0. The molecule has 3 heterocycles. The first-order chi connectivity index (χ1) is 12.1. The van der Waals surface area contributed by atoms with Crippen LogP contribution in [-0.4, -0.2) is 54.2 Å². The first-order valence-corrected chi connectivity index (χ1v) is 9.60. The maximum atomic E-state index is 12.7. The summed E-state index contributed by atoms with van der Waals surface area (Å²) in [6.07, 6.45) is 3.33. The second kappa shape index (κ2) is 8.09. The Morgan fingerprint density at radius 3 is 2.76 bits per heavy atom. The standard InChI is InChI=1S/C20H31N3O2/c1-4-16(3)25-19-13-15(2)5-6-17(19)14-21-20(24)23-12-11-22-9-7-18(23)8-10-22/h5-6,13,16,18H,4,7-12,14H2,1-3H3,(H,21,24). The van der Waals surface area contributed by atoms with Gasteiger partial charge in [-0.1, -0.05) is 19.1 Å². The van der Waals surface area contributed by atoms with Crippen molar-refractivity contribution in [3.05, 3.63) is 29.3 Å². The van der Waals surface area contributed by atoms with Crippen molar-refractivity contribution in [1.82, 2.24) is 15.1 Å². The van der Waals surface area contributed by atoms with Gasteiger partial charge in [-0.2, -0.15) is 0 Å². The monoisotopic (exact) mass is 345 g/mol. The van der Waals surface area contributed by atoms with E-state index in [0.717, 1.165) is 56.8 Å². The summed E-state index contributed by atoms with van der Waals surface area (Å²) in [5.74, 6) is 0.887. The first kappa shape index (κ1) is 18.1. The van der Waals surface area contributed by atoms with Gasteiger partial charge in [-0.25, -0.2) is 4.79 Å². The largest absolute Gasteiger partial charge is 0.490 e. The molecule has 1 aromatic carbocycles. The Morgan fingerprint density at radius 2 is 2.04 bits per heavy atom. The molecule has 25 heavy (non-hydrogen) atoms. The number of benzene rings is 1. The molecular weight excluding hydrogens is 314 g/mol. The van der Waals surface area contributed by atoms with E-state index in [1.807, 2.05) is 4.90 Å². The zero-order chi connectivity index (χ0) is 17.8. The van der Waals surface area contributed by atoms with Crippen molar-refractivity contribution in [3.8, 4) is 5.75 Å². The number of aryl methyl sites for hydroxylation is 1. The quantitative estimate of drug-likeness (QED) is 0.891. The van der Waals surface area contributed by atoms with Crippen molar-refractivity contribution in [1.29, 1.82) is 0 Å². The number of ether oxygens (including phenoxy) is 1. The van der Waals surface area contributed by atoms with Crippen LogP contribution in [-0.2, 0) is 6.54 Å². The Morgan fingerprint density at radius 1 is 1.28 bits per heavy atom. The molecule has 3 saturated heterocycles. The summed E-state index contributed by atoms with van der Waals surface area (Å²) in [5, 5.41) is 3.12. The van der Waals surface area contributed by atoms with Crippen molar-refractivity contribution in [3.63, 3.8) is 0 Å². The summed E-state index contributed by atoms with van der Waals surface area (Å²) in [5.41, 5.74) is 2.22. The minimum Gasteiger partial charge on any atom is -0.490 e. The normalized spacial score (nSPS) is 23.9. The molecule has 5 heteroatoms. The van der Waals surface area contributed by atoms with Crippen molar-refractivity contribution >= 4 is 6.03 Å². The van der Waals surface area contributed by atoms with Gasteiger partial charge in [0.05, 0.1) is 6.10 Å². The minimum absolute atomic E-state index is 0.0591. The maximum Gasteiger partial charge on any atom is 0.317 e. The molecule has 138 valence electrons. The molecule has 1 atom stereocenters. The molecule has 3 aliphatic rings. The molecule has 3 aliphatic heterocycles. The van der Waals surface area contributed by atoms with Crippen LogP contribution in [0.15, 0.2) is 18.2 Å². The highest BCUT2D eigenvalue weighted by Gasteiger charge is 2.31. The first-order valence-electron chi connectivity index (χ1n) is 9.60. The second-order valence-electron chi connectivity index (χ2n) is 7.37. The lowest BCUT2D eigenvalue weighted by molar-refractivity contribution is 0.169. The molecule has 0 aliphatic carbocycles. The third-order valence-electron chi connectivity index (χ3n) is 5.47. The Labute approximate surface area is 151 Å². The molecule has 2 amide bonds. The molecule has 1 aromatic rings. The van der Waals surface area contributed by atoms with E-state index in [2.05, 4.69) is 49.2 Å². The van der Waals surface area contributed by atoms with Crippen LogP contribution in [0.25, 0.3) is 0 Å². The molecule has 0 saturated carbocycles. The number of amides is 2. The van der Waals surface area contributed by atoms with Gasteiger partial charge in [-0.3, -0.25) is 0 Å². The van der Waals surface area contributed by atoms with E-state index in [4.69, 9.17) is 4.74 Å². The van der Waals surface area contributed by atoms with Crippen LogP contribution in [0.4, 0.5) is 4.79 Å². The fourth-order valence-electron chi connectivity index (χ4n) is 3.64. The number of nitrogens with one attached hydrogen (secondary N) is 1. The highest BCUT2D eigenvalue weighted by Crippen LogP contribution is 2.23. The topological polar surface area (TPSA) is 44.8 Å². The van der Waals surface area contributed by atoms with Gasteiger partial charge in [-0.05, 0) is 44.7 Å². The fourth-order valence-corrected chi connectivity index (χ4v) is 3.64. The van der Waals surface area contributed by atoms with Crippen LogP contribution in [0, 0.1) is 6.92 Å². The van der Waals surface area contributed by atoms with Crippen molar-refractivity contribution in [2.24, 2.45) is 0 Å². The lowest BCUT2D eigenvalue weighted by Gasteiger charge is -2.31. The fraction of sp³-hybridized carbons (Fsp3) is 0.650. The van der Waals surface area contributed by atoms with E-state index in [9.17, 15) is 4.79 Å². The van der Waals surface area contributed by atoms with E-state index in [0.29, 0.717) is 12.6 Å². The summed E-state index contributed by atoms with van der Waals surface area (Å²) in [7, 11) is 0. The van der Waals surface area contributed by atoms with Crippen molar-refractivity contribution in [2.75, 3.05) is 26.2 Å². The van der Waals surface area contributed by atoms with Crippen LogP contribution < -0.4 is 10.1 Å². The van der Waals surface area contributed by atoms with Gasteiger partial charge >= 0.3 is 6.03 Å². The average Bonchev–Trinajstić information content (AvgIpc) is 2.94. The summed E-state index contributed by atoms with van der Waals surface area (Å²) in [6.45, 7) is 10.8. The van der Waals surface area contributed by atoms with E-state index < -0.39 is 0 Å². The van der Waals surface area contributed by atoms with Gasteiger partial charge in [-0.15, -0.1) is 0 Å². The third kappa shape index (κ3) is 4.46. The highest BCUT2D eigenvalue weighted by molar-refractivity contribution is 5.74. The molecule has 0 radical (unpaired) electrons. The number of fused-ring (bicyclic) bond motifs is 4. The molecule has 3 fully saturated rings. The van der Waals surface area contributed by atoms with Crippen LogP contribution in [0.1, 0.15) is 44.2 Å². The lowest BCUT2D eigenvalue weighted by Crippen LogP contribution is -2.46. The zero-order valence-electron chi connectivity index (χ0n) is 15.8. The molecule has 0 spiro atoms. The Balaban J connectivity index is 1.63. The van der Waals surface area contributed by atoms with Crippen molar-refractivity contribution in [2.45, 2.75) is 58.7 Å². The number of urea groups is 1. The predicted octanol–water partition coefficient (Wildman–Crippen LogP) is 3.16. The van der Waals surface area contributed by atoms with Gasteiger partial charge < -0.3 is 19.9 Å². The molecule has 4 rings (SSSR count). The third-order valence-corrected chi connectivity index (χ3v) is 5.47. The molecule has 1 unspecified atom stereocenters.